The fourth-order valence-electron chi connectivity index (χ4n) is 3.58. The molecule has 98 valence electrons. The van der Waals surface area contributed by atoms with Crippen LogP contribution in [0.15, 0.2) is 24.3 Å². The van der Waals surface area contributed by atoms with Crippen molar-refractivity contribution in [3.63, 3.8) is 0 Å². The van der Waals surface area contributed by atoms with Crippen LogP contribution in [-0.4, -0.2) is 0 Å². The Morgan fingerprint density at radius 3 is 2.22 bits per heavy atom. The van der Waals surface area contributed by atoms with Gasteiger partial charge in [0.1, 0.15) is 0 Å². The quantitative estimate of drug-likeness (QED) is 0.656. The molecule has 1 aromatic rings. The molecule has 3 atom stereocenters. The zero-order chi connectivity index (χ0) is 12.7. The monoisotopic (exact) mass is 306 g/mol. The lowest BCUT2D eigenvalue weighted by Gasteiger charge is -2.19. The second-order valence-corrected chi connectivity index (χ2v) is 7.72. The lowest BCUT2D eigenvalue weighted by atomic mass is 9.93. The molecule has 0 aromatic heterocycles. The van der Waals surface area contributed by atoms with Gasteiger partial charge in [0.05, 0.1) is 0 Å². The number of hydrogen-bond acceptors (Lipinski definition) is 0. The molecule has 0 aliphatic heterocycles. The molecule has 0 amide bonds. The molecule has 2 saturated carbocycles. The minimum absolute atomic E-state index is 0.582. The molecule has 3 rings (SSSR count). The Hall–Kier alpha value is -0.300. The highest BCUT2D eigenvalue weighted by molar-refractivity contribution is 9.09. The lowest BCUT2D eigenvalue weighted by Crippen LogP contribution is -2.05. The Morgan fingerprint density at radius 1 is 1.06 bits per heavy atom. The van der Waals surface area contributed by atoms with Gasteiger partial charge in [0.25, 0.3) is 0 Å². The summed E-state index contributed by atoms with van der Waals surface area (Å²) in [7, 11) is 0. The number of alkyl halides is 1. The minimum atomic E-state index is 0.582. The number of fused-ring (bicyclic) bond motifs is 1. The third-order valence-corrected chi connectivity index (χ3v) is 5.91. The van der Waals surface area contributed by atoms with Crippen LogP contribution in [0, 0.1) is 23.7 Å². The third kappa shape index (κ3) is 2.66. The zero-order valence-corrected chi connectivity index (χ0v) is 13.0. The van der Waals surface area contributed by atoms with E-state index >= 15 is 0 Å². The number of halogens is 1. The largest absolute Gasteiger partial charge is 0.0836 e. The van der Waals surface area contributed by atoms with Gasteiger partial charge in [0, 0.05) is 4.83 Å². The molecule has 0 spiro atoms. The second-order valence-electron chi connectivity index (χ2n) is 6.73. The van der Waals surface area contributed by atoms with E-state index < -0.39 is 0 Å². The first-order chi connectivity index (χ1) is 8.63. The van der Waals surface area contributed by atoms with E-state index in [1.54, 1.807) is 0 Å². The average Bonchev–Trinajstić information content (AvgIpc) is 2.95. The van der Waals surface area contributed by atoms with Crippen LogP contribution < -0.4 is 0 Å². The van der Waals surface area contributed by atoms with E-state index in [1.165, 1.54) is 36.8 Å². The molecule has 2 aliphatic rings. The molecule has 0 nitrogen and oxygen atoms in total. The molecule has 1 heteroatoms. The molecule has 0 N–H and O–H groups in total. The Bertz CT molecular complexity index is 396. The lowest BCUT2D eigenvalue weighted by molar-refractivity contribution is 0.482. The van der Waals surface area contributed by atoms with Gasteiger partial charge in [-0.3, -0.25) is 0 Å². The maximum atomic E-state index is 3.94. The van der Waals surface area contributed by atoms with E-state index in [4.69, 9.17) is 0 Å². The Labute approximate surface area is 119 Å². The fourth-order valence-corrected chi connectivity index (χ4v) is 4.32. The van der Waals surface area contributed by atoms with Gasteiger partial charge in [-0.25, -0.2) is 0 Å². The molecule has 2 aliphatic carbocycles. The van der Waals surface area contributed by atoms with Crippen LogP contribution in [0.1, 0.15) is 49.1 Å². The van der Waals surface area contributed by atoms with Gasteiger partial charge in [-0.1, -0.05) is 54.0 Å². The number of benzene rings is 1. The van der Waals surface area contributed by atoms with E-state index in [0.717, 1.165) is 23.7 Å². The summed E-state index contributed by atoms with van der Waals surface area (Å²) in [5, 5.41) is 0. The van der Waals surface area contributed by atoms with Crippen LogP contribution in [0.5, 0.6) is 0 Å². The van der Waals surface area contributed by atoms with Gasteiger partial charge in [-0.2, -0.15) is 0 Å². The molecule has 3 unspecified atom stereocenters. The highest BCUT2D eigenvalue weighted by atomic mass is 79.9. The Balaban J connectivity index is 1.64. The van der Waals surface area contributed by atoms with Crippen LogP contribution >= 0.6 is 15.9 Å². The van der Waals surface area contributed by atoms with E-state index in [9.17, 15) is 0 Å². The predicted molar refractivity (Wildman–Crippen MR) is 81.0 cm³/mol. The Morgan fingerprint density at radius 2 is 1.67 bits per heavy atom. The first kappa shape index (κ1) is 12.7. The molecule has 1 aromatic carbocycles. The molecule has 0 heterocycles. The van der Waals surface area contributed by atoms with Crippen molar-refractivity contribution in [2.45, 2.75) is 44.4 Å². The third-order valence-electron chi connectivity index (χ3n) is 4.64. The van der Waals surface area contributed by atoms with Gasteiger partial charge < -0.3 is 0 Å². The van der Waals surface area contributed by atoms with Crippen LogP contribution in [0.2, 0.25) is 0 Å². The molecular formula is C17H23Br. The molecule has 0 saturated heterocycles. The van der Waals surface area contributed by atoms with Gasteiger partial charge in [-0.15, -0.1) is 0 Å². The molecule has 0 radical (unpaired) electrons. The summed E-state index contributed by atoms with van der Waals surface area (Å²) in [4.78, 5) is 0.582. The van der Waals surface area contributed by atoms with Crippen molar-refractivity contribution in [3.8, 4) is 0 Å². The predicted octanol–water partition coefficient (Wildman–Crippen LogP) is 5.37. The molecule has 0 bridgehead atoms. The van der Waals surface area contributed by atoms with Gasteiger partial charge >= 0.3 is 0 Å². The van der Waals surface area contributed by atoms with E-state index in [2.05, 4.69) is 54.0 Å². The van der Waals surface area contributed by atoms with Crippen LogP contribution in [0.25, 0.3) is 0 Å². The van der Waals surface area contributed by atoms with Gasteiger partial charge in [0.15, 0.2) is 0 Å². The standard InChI is InChI=1S/C17H23Br/c1-11(2)7-12-3-5-13(6-4-12)17(18)16-9-14-8-15(14)10-16/h3-6,11,14-17H,7-10H2,1-2H3. The summed E-state index contributed by atoms with van der Waals surface area (Å²) in [5.74, 6) is 3.78. The highest BCUT2D eigenvalue weighted by Gasteiger charge is 2.47. The summed E-state index contributed by atoms with van der Waals surface area (Å²) in [5.41, 5.74) is 2.96. The number of rotatable bonds is 4. The van der Waals surface area contributed by atoms with Crippen molar-refractivity contribution in [1.82, 2.24) is 0 Å². The molecular weight excluding hydrogens is 284 g/mol. The zero-order valence-electron chi connectivity index (χ0n) is 11.4. The van der Waals surface area contributed by atoms with E-state index in [-0.39, 0.29) is 0 Å². The SMILES string of the molecule is CC(C)Cc1ccc(C(Br)C2CC3CC3C2)cc1. The first-order valence-electron chi connectivity index (χ1n) is 7.36. The topological polar surface area (TPSA) is 0 Å². The van der Waals surface area contributed by atoms with E-state index in [1.807, 2.05) is 0 Å². The first-order valence-corrected chi connectivity index (χ1v) is 8.28. The number of hydrogen-bond donors (Lipinski definition) is 0. The smallest absolute Gasteiger partial charge is 0.0423 e. The van der Waals surface area contributed by atoms with Crippen molar-refractivity contribution < 1.29 is 0 Å². The van der Waals surface area contributed by atoms with Crippen molar-refractivity contribution in [3.05, 3.63) is 35.4 Å². The van der Waals surface area contributed by atoms with Gasteiger partial charge in [0.2, 0.25) is 0 Å². The molecule has 18 heavy (non-hydrogen) atoms. The minimum Gasteiger partial charge on any atom is -0.0836 e. The summed E-state index contributed by atoms with van der Waals surface area (Å²) >= 11 is 3.94. The van der Waals surface area contributed by atoms with Crippen LogP contribution in [0.4, 0.5) is 0 Å². The Kier molecular flexibility index (Phi) is 3.53. The van der Waals surface area contributed by atoms with Crippen LogP contribution in [0.3, 0.4) is 0 Å². The van der Waals surface area contributed by atoms with Crippen molar-refractivity contribution in [1.29, 1.82) is 0 Å². The summed E-state index contributed by atoms with van der Waals surface area (Å²) in [6.45, 7) is 4.57. The average molecular weight is 307 g/mol. The normalized spacial score (nSPS) is 31.4. The highest BCUT2D eigenvalue weighted by Crippen LogP contribution is 2.58. The second kappa shape index (κ2) is 5.00. The maximum absolute atomic E-state index is 3.94. The summed E-state index contributed by atoms with van der Waals surface area (Å²) in [6, 6.07) is 9.31. The van der Waals surface area contributed by atoms with E-state index in [0.29, 0.717) is 4.83 Å². The summed E-state index contributed by atoms with van der Waals surface area (Å²) in [6.07, 6.45) is 5.62. The maximum Gasteiger partial charge on any atom is 0.0423 e. The van der Waals surface area contributed by atoms with Gasteiger partial charge in [-0.05, 0) is 60.5 Å². The van der Waals surface area contributed by atoms with Crippen molar-refractivity contribution >= 4 is 15.9 Å². The molecule has 2 fully saturated rings. The van der Waals surface area contributed by atoms with Crippen molar-refractivity contribution in [2.24, 2.45) is 23.7 Å². The fraction of sp³-hybridized carbons (Fsp3) is 0.647. The van der Waals surface area contributed by atoms with Crippen LogP contribution in [-0.2, 0) is 6.42 Å². The van der Waals surface area contributed by atoms with Crippen molar-refractivity contribution in [2.75, 3.05) is 0 Å². The summed E-state index contributed by atoms with van der Waals surface area (Å²) < 4.78 is 0.